The van der Waals surface area contributed by atoms with E-state index in [4.69, 9.17) is 5.11 Å². The minimum atomic E-state index is -0.207. The van der Waals surface area contributed by atoms with Gasteiger partial charge < -0.3 is 10.1 Å². The smallest absolute Gasteiger partial charge is 0.325 e. The van der Waals surface area contributed by atoms with Gasteiger partial charge in [-0.25, -0.2) is 4.79 Å². The second-order valence-electron chi connectivity index (χ2n) is 2.95. The first kappa shape index (κ1) is 6.67. The molecule has 2 rings (SSSR count). The average molecular weight is 154 g/mol. The van der Waals surface area contributed by atoms with Gasteiger partial charge in [0.1, 0.15) is 0 Å². The molecule has 4 nitrogen and oxygen atoms in total. The molecule has 1 aliphatic carbocycles. The lowest BCUT2D eigenvalue weighted by molar-refractivity contribution is 0.0473. The van der Waals surface area contributed by atoms with Crippen LogP contribution in [0.3, 0.4) is 0 Å². The van der Waals surface area contributed by atoms with Crippen LogP contribution in [0.1, 0.15) is 18.9 Å². The van der Waals surface area contributed by atoms with Crippen LogP contribution in [0.25, 0.3) is 0 Å². The Morgan fingerprint density at radius 3 is 2.82 bits per heavy atom. The summed E-state index contributed by atoms with van der Waals surface area (Å²) in [4.78, 5) is 13.5. The van der Waals surface area contributed by atoms with E-state index in [1.165, 1.54) is 0 Å². The molecule has 1 aromatic rings. The predicted molar refractivity (Wildman–Crippen MR) is 39.3 cm³/mol. The molecule has 0 bridgehead atoms. The molecule has 60 valence electrons. The Balaban J connectivity index is 2.19. The number of aliphatic hydroxyl groups excluding tert-OH is 1. The molecule has 4 heteroatoms. The number of hydrogen-bond donors (Lipinski definition) is 2. The maximum absolute atomic E-state index is 11.0. The number of aromatic amines is 1. The Labute approximate surface area is 63.5 Å². The van der Waals surface area contributed by atoms with E-state index in [2.05, 4.69) is 4.98 Å². The molecule has 2 N–H and O–H groups in total. The third-order valence-corrected chi connectivity index (χ3v) is 2.16. The molecule has 0 atom stereocenters. The van der Waals surface area contributed by atoms with E-state index in [9.17, 15) is 4.79 Å². The van der Waals surface area contributed by atoms with Gasteiger partial charge in [0.15, 0.2) is 0 Å². The molecule has 0 unspecified atom stereocenters. The van der Waals surface area contributed by atoms with Gasteiger partial charge in [-0.2, -0.15) is 0 Å². The third-order valence-electron chi connectivity index (χ3n) is 2.16. The first-order chi connectivity index (χ1) is 5.27. The van der Waals surface area contributed by atoms with Crippen molar-refractivity contribution in [3.05, 3.63) is 22.9 Å². The summed E-state index contributed by atoms with van der Waals surface area (Å²) in [6.07, 6.45) is 4.54. The first-order valence-corrected chi connectivity index (χ1v) is 3.71. The lowest BCUT2D eigenvalue weighted by atomic mass is 9.89. The van der Waals surface area contributed by atoms with E-state index >= 15 is 0 Å². The molecule has 0 saturated heterocycles. The van der Waals surface area contributed by atoms with Gasteiger partial charge in [-0.3, -0.25) is 4.57 Å². The van der Waals surface area contributed by atoms with Crippen LogP contribution in [0.2, 0.25) is 0 Å². The zero-order valence-electron chi connectivity index (χ0n) is 6.03. The van der Waals surface area contributed by atoms with Gasteiger partial charge in [0.25, 0.3) is 0 Å². The number of aliphatic hydroxyl groups is 1. The fourth-order valence-corrected chi connectivity index (χ4v) is 1.40. The van der Waals surface area contributed by atoms with E-state index < -0.39 is 0 Å². The highest BCUT2D eigenvalue weighted by Crippen LogP contribution is 2.30. The molecule has 0 spiro atoms. The van der Waals surface area contributed by atoms with Crippen LogP contribution in [-0.2, 0) is 0 Å². The van der Waals surface area contributed by atoms with Crippen molar-refractivity contribution >= 4 is 0 Å². The third kappa shape index (κ3) is 0.991. The highest BCUT2D eigenvalue weighted by atomic mass is 16.3. The number of nitrogens with one attached hydrogen (secondary N) is 1. The summed E-state index contributed by atoms with van der Waals surface area (Å²) in [7, 11) is 0. The largest absolute Gasteiger partial charge is 0.393 e. The summed E-state index contributed by atoms with van der Waals surface area (Å²) in [6, 6.07) is 0.212. The molecular formula is C7H10N2O2. The number of aromatic nitrogens is 2. The summed E-state index contributed by atoms with van der Waals surface area (Å²) in [5.41, 5.74) is -0.0816. The van der Waals surface area contributed by atoms with Crippen LogP contribution in [0.5, 0.6) is 0 Å². The van der Waals surface area contributed by atoms with Crippen LogP contribution in [0.15, 0.2) is 17.2 Å². The number of hydrogen-bond acceptors (Lipinski definition) is 2. The first-order valence-electron chi connectivity index (χ1n) is 3.71. The molecule has 1 aromatic heterocycles. The van der Waals surface area contributed by atoms with E-state index in [0.717, 1.165) is 0 Å². The average Bonchev–Trinajstić information content (AvgIpc) is 2.29. The molecule has 0 aliphatic heterocycles. The normalized spacial score (nSPS) is 29.9. The predicted octanol–water partition coefficient (Wildman–Crippen LogP) is -0.128. The summed E-state index contributed by atoms with van der Waals surface area (Å²) >= 11 is 0. The number of rotatable bonds is 1. The van der Waals surface area contributed by atoms with E-state index in [0.29, 0.717) is 12.8 Å². The molecule has 1 saturated carbocycles. The van der Waals surface area contributed by atoms with Crippen molar-refractivity contribution in [2.45, 2.75) is 25.0 Å². The van der Waals surface area contributed by atoms with E-state index in [1.54, 1.807) is 17.0 Å². The van der Waals surface area contributed by atoms with Crippen LogP contribution in [0.4, 0.5) is 0 Å². The maximum atomic E-state index is 11.0. The minimum absolute atomic E-state index is 0.0816. The summed E-state index contributed by atoms with van der Waals surface area (Å²) in [5, 5.41) is 8.98. The van der Waals surface area contributed by atoms with E-state index in [1.807, 2.05) is 0 Å². The van der Waals surface area contributed by atoms with Gasteiger partial charge >= 0.3 is 5.69 Å². The Bertz CT molecular complexity index is 295. The Morgan fingerprint density at radius 1 is 1.64 bits per heavy atom. The second kappa shape index (κ2) is 2.23. The lowest BCUT2D eigenvalue weighted by Gasteiger charge is -2.31. The highest BCUT2D eigenvalue weighted by Gasteiger charge is 2.29. The van der Waals surface area contributed by atoms with E-state index in [-0.39, 0.29) is 17.8 Å². The quantitative estimate of drug-likeness (QED) is 0.592. The molecule has 1 fully saturated rings. The number of nitrogens with zero attached hydrogens (tertiary/aromatic N) is 1. The molecule has 1 aliphatic rings. The molecule has 0 amide bonds. The zero-order chi connectivity index (χ0) is 7.84. The van der Waals surface area contributed by atoms with Crippen LogP contribution in [0, 0.1) is 0 Å². The van der Waals surface area contributed by atoms with Gasteiger partial charge in [-0.05, 0) is 12.8 Å². The van der Waals surface area contributed by atoms with Crippen molar-refractivity contribution in [2.75, 3.05) is 0 Å². The molecule has 11 heavy (non-hydrogen) atoms. The lowest BCUT2D eigenvalue weighted by Crippen LogP contribution is -2.35. The molecule has 1 heterocycles. The van der Waals surface area contributed by atoms with Gasteiger partial charge in [-0.15, -0.1) is 0 Å². The zero-order valence-corrected chi connectivity index (χ0v) is 6.03. The fraction of sp³-hybridized carbons (Fsp3) is 0.571. The SMILES string of the molecule is O=c1[nH]ccn1C1CC(O)C1. The van der Waals surface area contributed by atoms with Gasteiger partial charge in [0, 0.05) is 18.4 Å². The Hall–Kier alpha value is -1.03. The summed E-state index contributed by atoms with van der Waals surface area (Å²) < 4.78 is 1.63. The number of imidazole rings is 1. The van der Waals surface area contributed by atoms with Crippen molar-refractivity contribution in [2.24, 2.45) is 0 Å². The van der Waals surface area contributed by atoms with Gasteiger partial charge in [0.05, 0.1) is 6.10 Å². The molecular weight excluding hydrogens is 144 g/mol. The van der Waals surface area contributed by atoms with Crippen molar-refractivity contribution < 1.29 is 5.11 Å². The van der Waals surface area contributed by atoms with Gasteiger partial charge in [0.2, 0.25) is 0 Å². The Morgan fingerprint density at radius 2 is 2.36 bits per heavy atom. The Kier molecular flexibility index (Phi) is 1.35. The highest BCUT2D eigenvalue weighted by molar-refractivity contribution is 4.89. The minimum Gasteiger partial charge on any atom is -0.393 e. The van der Waals surface area contributed by atoms with Crippen LogP contribution >= 0.6 is 0 Å². The maximum Gasteiger partial charge on any atom is 0.325 e. The standard InChI is InChI=1S/C7H10N2O2/c10-6-3-5(4-6)9-2-1-8-7(9)11/h1-2,5-6,10H,3-4H2,(H,8,11). The van der Waals surface area contributed by atoms with Crippen molar-refractivity contribution in [3.63, 3.8) is 0 Å². The summed E-state index contributed by atoms with van der Waals surface area (Å²) in [5.74, 6) is 0. The van der Waals surface area contributed by atoms with Crippen LogP contribution < -0.4 is 5.69 Å². The van der Waals surface area contributed by atoms with Crippen LogP contribution in [-0.4, -0.2) is 20.8 Å². The molecule has 0 aromatic carbocycles. The monoisotopic (exact) mass is 154 g/mol. The topological polar surface area (TPSA) is 58.0 Å². The van der Waals surface area contributed by atoms with Crippen molar-refractivity contribution in [1.82, 2.24) is 9.55 Å². The fourth-order valence-electron chi connectivity index (χ4n) is 1.40. The van der Waals surface area contributed by atoms with Crippen molar-refractivity contribution in [1.29, 1.82) is 0 Å². The van der Waals surface area contributed by atoms with Gasteiger partial charge in [-0.1, -0.05) is 0 Å². The molecule has 0 radical (unpaired) electrons. The second-order valence-corrected chi connectivity index (χ2v) is 2.95. The number of H-pyrrole nitrogens is 1. The van der Waals surface area contributed by atoms with Crippen molar-refractivity contribution in [3.8, 4) is 0 Å². The summed E-state index contributed by atoms with van der Waals surface area (Å²) in [6.45, 7) is 0.